The van der Waals surface area contributed by atoms with Gasteiger partial charge in [0.25, 0.3) is 5.91 Å². The number of hydrogen-bond donors (Lipinski definition) is 1. The van der Waals surface area contributed by atoms with Gasteiger partial charge in [0, 0.05) is 18.7 Å². The van der Waals surface area contributed by atoms with E-state index in [2.05, 4.69) is 0 Å². The second-order valence-corrected chi connectivity index (χ2v) is 4.43. The van der Waals surface area contributed by atoms with Crippen molar-refractivity contribution in [2.24, 2.45) is 0 Å². The summed E-state index contributed by atoms with van der Waals surface area (Å²) in [4.78, 5) is 24.2. The highest BCUT2D eigenvalue weighted by Crippen LogP contribution is 2.31. The zero-order valence-corrected chi connectivity index (χ0v) is 11.7. The summed E-state index contributed by atoms with van der Waals surface area (Å²) in [6.45, 7) is 3.58. The smallest absolute Gasteiger partial charge is 0.311 e. The van der Waals surface area contributed by atoms with Gasteiger partial charge in [-0.15, -0.1) is 0 Å². The number of aliphatic hydroxyl groups excluding tert-OH is 1. The second-order valence-electron chi connectivity index (χ2n) is 4.43. The summed E-state index contributed by atoms with van der Waals surface area (Å²) < 4.78 is 5.02. The molecule has 1 aromatic rings. The van der Waals surface area contributed by atoms with Crippen molar-refractivity contribution in [3.8, 4) is 5.75 Å². The van der Waals surface area contributed by atoms with Gasteiger partial charge in [-0.2, -0.15) is 0 Å². The van der Waals surface area contributed by atoms with E-state index in [9.17, 15) is 14.9 Å². The van der Waals surface area contributed by atoms with Crippen molar-refractivity contribution < 1.29 is 19.6 Å². The van der Waals surface area contributed by atoms with Crippen LogP contribution in [0.15, 0.2) is 18.2 Å². The number of methoxy groups -OCH3 is 1. The molecule has 20 heavy (non-hydrogen) atoms. The maximum absolute atomic E-state index is 12.4. The van der Waals surface area contributed by atoms with E-state index < -0.39 is 10.8 Å². The molecule has 0 spiro atoms. The number of rotatable bonds is 6. The Labute approximate surface area is 116 Å². The number of nitro benzene ring substituents is 1. The van der Waals surface area contributed by atoms with E-state index in [1.807, 2.05) is 0 Å². The molecule has 0 heterocycles. The average molecular weight is 282 g/mol. The van der Waals surface area contributed by atoms with E-state index in [4.69, 9.17) is 9.84 Å². The van der Waals surface area contributed by atoms with Gasteiger partial charge in [0.2, 0.25) is 5.75 Å². The number of carbonyl (C=O) groups is 1. The standard InChI is InChI=1S/C13H18N2O5/c1-9(2)14(7-8-16)13(17)10-5-4-6-11(15(18)19)12(10)20-3/h4-6,9,16H,7-8H2,1-3H3. The van der Waals surface area contributed by atoms with Gasteiger partial charge in [-0.05, 0) is 19.9 Å². The predicted molar refractivity (Wildman–Crippen MR) is 72.9 cm³/mol. The first-order valence-electron chi connectivity index (χ1n) is 6.17. The minimum Gasteiger partial charge on any atom is -0.490 e. The van der Waals surface area contributed by atoms with Crippen molar-refractivity contribution in [2.75, 3.05) is 20.3 Å². The van der Waals surface area contributed by atoms with Gasteiger partial charge in [0.15, 0.2) is 0 Å². The molecule has 7 nitrogen and oxygen atoms in total. The number of para-hydroxylation sites is 1. The zero-order valence-electron chi connectivity index (χ0n) is 11.7. The molecule has 1 N–H and O–H groups in total. The quantitative estimate of drug-likeness (QED) is 0.629. The normalized spacial score (nSPS) is 10.4. The summed E-state index contributed by atoms with van der Waals surface area (Å²) in [5.41, 5.74) is -0.144. The molecule has 1 rings (SSSR count). The van der Waals surface area contributed by atoms with Gasteiger partial charge in [-0.1, -0.05) is 6.07 Å². The number of hydrogen-bond acceptors (Lipinski definition) is 5. The van der Waals surface area contributed by atoms with E-state index in [1.54, 1.807) is 13.8 Å². The maximum atomic E-state index is 12.4. The largest absolute Gasteiger partial charge is 0.490 e. The molecule has 0 radical (unpaired) electrons. The van der Waals surface area contributed by atoms with Crippen LogP contribution in [-0.4, -0.2) is 47.1 Å². The number of nitrogens with zero attached hydrogens (tertiary/aromatic N) is 2. The number of benzene rings is 1. The number of amides is 1. The zero-order chi connectivity index (χ0) is 15.3. The average Bonchev–Trinajstić information content (AvgIpc) is 2.42. The lowest BCUT2D eigenvalue weighted by molar-refractivity contribution is -0.385. The topological polar surface area (TPSA) is 92.9 Å². The summed E-state index contributed by atoms with van der Waals surface area (Å²) in [5.74, 6) is -0.472. The maximum Gasteiger partial charge on any atom is 0.311 e. The Morgan fingerprint density at radius 3 is 2.60 bits per heavy atom. The summed E-state index contributed by atoms with van der Waals surface area (Å²) in [6.07, 6.45) is 0. The molecule has 0 aliphatic carbocycles. The van der Waals surface area contributed by atoms with Crippen molar-refractivity contribution in [2.45, 2.75) is 19.9 Å². The van der Waals surface area contributed by atoms with Crippen LogP contribution in [0.1, 0.15) is 24.2 Å². The van der Waals surface area contributed by atoms with Crippen LogP contribution in [0.3, 0.4) is 0 Å². The van der Waals surface area contributed by atoms with Crippen molar-refractivity contribution >= 4 is 11.6 Å². The van der Waals surface area contributed by atoms with E-state index in [1.165, 1.54) is 30.2 Å². The van der Waals surface area contributed by atoms with Gasteiger partial charge >= 0.3 is 5.69 Å². The van der Waals surface area contributed by atoms with Gasteiger partial charge in [0.1, 0.15) is 0 Å². The van der Waals surface area contributed by atoms with Crippen molar-refractivity contribution in [1.29, 1.82) is 0 Å². The van der Waals surface area contributed by atoms with Crippen LogP contribution in [-0.2, 0) is 0 Å². The van der Waals surface area contributed by atoms with E-state index in [-0.39, 0.29) is 36.2 Å². The molecular weight excluding hydrogens is 264 g/mol. The van der Waals surface area contributed by atoms with Gasteiger partial charge in [0.05, 0.1) is 24.2 Å². The van der Waals surface area contributed by atoms with Crippen LogP contribution in [0.25, 0.3) is 0 Å². The molecule has 1 amide bonds. The Hall–Kier alpha value is -2.15. The molecule has 110 valence electrons. The number of carbonyl (C=O) groups excluding carboxylic acids is 1. The molecule has 0 bridgehead atoms. The monoisotopic (exact) mass is 282 g/mol. The fourth-order valence-corrected chi connectivity index (χ4v) is 1.91. The summed E-state index contributed by atoms with van der Waals surface area (Å²) in [5, 5.41) is 20.0. The first-order chi connectivity index (χ1) is 9.43. The summed E-state index contributed by atoms with van der Waals surface area (Å²) >= 11 is 0. The Kier molecular flexibility index (Phi) is 5.45. The minimum atomic E-state index is -0.596. The highest BCUT2D eigenvalue weighted by Gasteiger charge is 2.26. The molecule has 0 unspecified atom stereocenters. The second kappa shape index (κ2) is 6.85. The summed E-state index contributed by atoms with van der Waals surface area (Å²) in [6, 6.07) is 4.05. The molecule has 0 saturated heterocycles. The fourth-order valence-electron chi connectivity index (χ4n) is 1.91. The van der Waals surface area contributed by atoms with Crippen LogP contribution >= 0.6 is 0 Å². The molecule has 0 aromatic heterocycles. The Balaban J connectivity index is 3.27. The highest BCUT2D eigenvalue weighted by molar-refractivity contribution is 5.98. The van der Waals surface area contributed by atoms with Crippen molar-refractivity contribution in [3.05, 3.63) is 33.9 Å². The van der Waals surface area contributed by atoms with Crippen LogP contribution in [0, 0.1) is 10.1 Å². The van der Waals surface area contributed by atoms with E-state index in [0.717, 1.165) is 0 Å². The Bertz CT molecular complexity index is 502. The predicted octanol–water partition coefficient (Wildman–Crippen LogP) is 1.45. The Morgan fingerprint density at radius 1 is 1.50 bits per heavy atom. The molecule has 0 aliphatic heterocycles. The Morgan fingerprint density at radius 2 is 2.15 bits per heavy atom. The molecular formula is C13H18N2O5. The van der Waals surface area contributed by atoms with Gasteiger partial charge in [-0.25, -0.2) is 0 Å². The van der Waals surface area contributed by atoms with E-state index >= 15 is 0 Å². The third kappa shape index (κ3) is 3.24. The van der Waals surface area contributed by atoms with Crippen LogP contribution in [0.4, 0.5) is 5.69 Å². The van der Waals surface area contributed by atoms with Gasteiger partial charge < -0.3 is 14.7 Å². The molecule has 7 heteroatoms. The number of aliphatic hydroxyl groups is 1. The first kappa shape index (κ1) is 15.9. The number of ether oxygens (including phenoxy) is 1. The first-order valence-corrected chi connectivity index (χ1v) is 6.17. The lowest BCUT2D eigenvalue weighted by atomic mass is 10.1. The third-order valence-electron chi connectivity index (χ3n) is 2.85. The lowest BCUT2D eigenvalue weighted by Crippen LogP contribution is -2.39. The molecule has 0 fully saturated rings. The van der Waals surface area contributed by atoms with Crippen molar-refractivity contribution in [3.63, 3.8) is 0 Å². The SMILES string of the molecule is COc1c(C(=O)N(CCO)C(C)C)cccc1[N+](=O)[O-]. The molecule has 0 atom stereocenters. The van der Waals surface area contributed by atoms with Crippen LogP contribution in [0.5, 0.6) is 5.75 Å². The highest BCUT2D eigenvalue weighted by atomic mass is 16.6. The van der Waals surface area contributed by atoms with Crippen molar-refractivity contribution in [1.82, 2.24) is 4.90 Å². The lowest BCUT2D eigenvalue weighted by Gasteiger charge is -2.26. The third-order valence-corrected chi connectivity index (χ3v) is 2.85. The van der Waals surface area contributed by atoms with Gasteiger partial charge in [-0.3, -0.25) is 14.9 Å². The fraction of sp³-hybridized carbons (Fsp3) is 0.462. The van der Waals surface area contributed by atoms with Crippen LogP contribution in [0.2, 0.25) is 0 Å². The summed E-state index contributed by atoms with van der Waals surface area (Å²) in [7, 11) is 1.28. The molecule has 1 aromatic carbocycles. The minimum absolute atomic E-state index is 0.0638. The molecule has 0 aliphatic rings. The molecule has 0 saturated carbocycles. The van der Waals surface area contributed by atoms with Crippen LogP contribution < -0.4 is 4.74 Å². The van der Waals surface area contributed by atoms with E-state index in [0.29, 0.717) is 0 Å². The number of nitro groups is 1.